The van der Waals surface area contributed by atoms with Crippen molar-refractivity contribution in [2.45, 2.75) is 49.9 Å². The normalized spacial score (nSPS) is 29.7. The molecule has 1 saturated heterocycles. The summed E-state index contributed by atoms with van der Waals surface area (Å²) in [7, 11) is 3.34. The van der Waals surface area contributed by atoms with Crippen LogP contribution >= 0.6 is 0 Å². The summed E-state index contributed by atoms with van der Waals surface area (Å²) in [6.07, 6.45) is 2.85. The van der Waals surface area contributed by atoms with Crippen molar-refractivity contribution in [2.24, 2.45) is 5.92 Å². The highest BCUT2D eigenvalue weighted by atomic mass is 16.5. The molecule has 2 fully saturated rings. The minimum absolute atomic E-state index is 0.207. The Kier molecular flexibility index (Phi) is 5.03. The van der Waals surface area contributed by atoms with E-state index in [1.54, 1.807) is 14.2 Å². The van der Waals surface area contributed by atoms with Crippen molar-refractivity contribution < 1.29 is 19.0 Å². The van der Waals surface area contributed by atoms with E-state index >= 15 is 0 Å². The summed E-state index contributed by atoms with van der Waals surface area (Å²) in [6, 6.07) is 14.7. The van der Waals surface area contributed by atoms with E-state index in [9.17, 15) is 4.79 Å². The summed E-state index contributed by atoms with van der Waals surface area (Å²) in [5, 5.41) is 3.71. The SMILES string of the molecule is COc1ccc2c(c1OCc1ccccc1)[C@@]13CCN[C@@H](C2)[C@H]1CC(OC)C(=O)C3. The zero-order chi connectivity index (χ0) is 20.7. The first-order valence-corrected chi connectivity index (χ1v) is 10.8. The first kappa shape index (κ1) is 19.6. The van der Waals surface area contributed by atoms with E-state index in [4.69, 9.17) is 14.2 Å². The highest BCUT2D eigenvalue weighted by Gasteiger charge is 2.57. The second-order valence-electron chi connectivity index (χ2n) is 8.79. The summed E-state index contributed by atoms with van der Waals surface area (Å²) in [4.78, 5) is 13.0. The van der Waals surface area contributed by atoms with Crippen LogP contribution in [0.2, 0.25) is 0 Å². The molecule has 0 radical (unpaired) electrons. The fourth-order valence-corrected chi connectivity index (χ4v) is 6.02. The van der Waals surface area contributed by atoms with Crippen LogP contribution in [0.5, 0.6) is 11.5 Å². The highest BCUT2D eigenvalue weighted by molar-refractivity contribution is 5.86. The molecule has 2 aromatic rings. The Morgan fingerprint density at radius 2 is 1.97 bits per heavy atom. The number of fused-ring (bicyclic) bond motifs is 1. The van der Waals surface area contributed by atoms with Gasteiger partial charge in [-0.2, -0.15) is 0 Å². The van der Waals surface area contributed by atoms with Gasteiger partial charge in [0.15, 0.2) is 17.3 Å². The first-order chi connectivity index (χ1) is 14.7. The molecule has 0 amide bonds. The number of piperidine rings is 1. The Morgan fingerprint density at radius 1 is 1.13 bits per heavy atom. The lowest BCUT2D eigenvalue weighted by atomic mass is 9.52. The molecule has 2 aliphatic carbocycles. The Bertz CT molecular complexity index is 944. The second-order valence-corrected chi connectivity index (χ2v) is 8.79. The van der Waals surface area contributed by atoms with Crippen molar-refractivity contribution in [2.75, 3.05) is 20.8 Å². The van der Waals surface area contributed by atoms with Crippen LogP contribution in [0.4, 0.5) is 0 Å². The smallest absolute Gasteiger partial charge is 0.165 e. The van der Waals surface area contributed by atoms with Crippen molar-refractivity contribution >= 4 is 5.78 Å². The van der Waals surface area contributed by atoms with E-state index < -0.39 is 0 Å². The van der Waals surface area contributed by atoms with E-state index in [2.05, 4.69) is 23.5 Å². The maximum Gasteiger partial charge on any atom is 0.165 e. The summed E-state index contributed by atoms with van der Waals surface area (Å²) in [5.74, 6) is 2.12. The number of rotatable bonds is 5. The molecule has 2 aromatic carbocycles. The summed E-state index contributed by atoms with van der Waals surface area (Å²) >= 11 is 0. The molecule has 158 valence electrons. The summed E-state index contributed by atoms with van der Waals surface area (Å²) in [5.41, 5.74) is 3.37. The van der Waals surface area contributed by atoms with Gasteiger partial charge in [-0.3, -0.25) is 4.79 Å². The van der Waals surface area contributed by atoms with Crippen molar-refractivity contribution in [3.05, 3.63) is 59.2 Å². The average Bonchev–Trinajstić information content (AvgIpc) is 2.77. The molecule has 1 heterocycles. The molecule has 1 aliphatic heterocycles. The summed E-state index contributed by atoms with van der Waals surface area (Å²) in [6.45, 7) is 1.39. The van der Waals surface area contributed by atoms with Gasteiger partial charge in [0.05, 0.1) is 7.11 Å². The zero-order valence-corrected chi connectivity index (χ0v) is 17.6. The van der Waals surface area contributed by atoms with Gasteiger partial charge < -0.3 is 19.5 Å². The number of nitrogens with one attached hydrogen (secondary N) is 1. The number of carbonyl (C=O) groups is 1. The van der Waals surface area contributed by atoms with Crippen molar-refractivity contribution in [3.8, 4) is 11.5 Å². The fourth-order valence-electron chi connectivity index (χ4n) is 6.02. The largest absolute Gasteiger partial charge is 0.493 e. The van der Waals surface area contributed by atoms with E-state index in [1.165, 1.54) is 11.1 Å². The number of methoxy groups -OCH3 is 2. The monoisotopic (exact) mass is 407 g/mol. The second kappa shape index (κ2) is 7.71. The van der Waals surface area contributed by atoms with E-state index in [-0.39, 0.29) is 17.3 Å². The van der Waals surface area contributed by atoms with Gasteiger partial charge >= 0.3 is 0 Å². The van der Waals surface area contributed by atoms with E-state index in [0.717, 1.165) is 42.9 Å². The number of hydrogen-bond acceptors (Lipinski definition) is 5. The van der Waals surface area contributed by atoms with Crippen LogP contribution < -0.4 is 14.8 Å². The molecule has 30 heavy (non-hydrogen) atoms. The Labute approximate surface area is 177 Å². The number of ketones is 1. The topological polar surface area (TPSA) is 56.8 Å². The molecular formula is C25H29NO4. The van der Waals surface area contributed by atoms with Gasteiger partial charge in [0.2, 0.25) is 0 Å². The summed E-state index contributed by atoms with van der Waals surface area (Å²) < 4.78 is 17.7. The molecular weight excluding hydrogens is 378 g/mol. The minimum atomic E-state index is -0.300. The molecule has 1 unspecified atom stereocenters. The van der Waals surface area contributed by atoms with E-state index in [1.807, 2.05) is 24.3 Å². The molecule has 0 spiro atoms. The third kappa shape index (κ3) is 3.03. The van der Waals surface area contributed by atoms with Crippen LogP contribution in [-0.2, 0) is 28.0 Å². The van der Waals surface area contributed by atoms with Gasteiger partial charge in [-0.15, -0.1) is 0 Å². The highest BCUT2D eigenvalue weighted by Crippen LogP contribution is 2.57. The van der Waals surface area contributed by atoms with Crippen molar-refractivity contribution in [1.82, 2.24) is 5.32 Å². The van der Waals surface area contributed by atoms with Crippen LogP contribution in [0.25, 0.3) is 0 Å². The van der Waals surface area contributed by atoms with Crippen LogP contribution in [0, 0.1) is 5.92 Å². The molecule has 1 N–H and O–H groups in total. The number of benzene rings is 2. The Hall–Kier alpha value is -2.37. The predicted octanol–water partition coefficient (Wildman–Crippen LogP) is 3.42. The van der Waals surface area contributed by atoms with Gasteiger partial charge in [-0.1, -0.05) is 36.4 Å². The van der Waals surface area contributed by atoms with Gasteiger partial charge in [-0.05, 0) is 48.9 Å². The van der Waals surface area contributed by atoms with Crippen LogP contribution in [0.15, 0.2) is 42.5 Å². The van der Waals surface area contributed by atoms with Crippen molar-refractivity contribution in [3.63, 3.8) is 0 Å². The lowest BCUT2D eigenvalue weighted by Gasteiger charge is -2.56. The average molecular weight is 408 g/mol. The van der Waals surface area contributed by atoms with Gasteiger partial charge in [0.1, 0.15) is 12.7 Å². The lowest BCUT2D eigenvalue weighted by Crippen LogP contribution is -2.63. The molecule has 3 aliphatic rings. The van der Waals surface area contributed by atoms with Crippen LogP contribution in [0.1, 0.15) is 36.0 Å². The number of hydrogen-bond donors (Lipinski definition) is 1. The number of carbonyl (C=O) groups excluding carboxylic acids is 1. The first-order valence-electron chi connectivity index (χ1n) is 10.8. The standard InChI is InChI=1S/C25H29NO4/c1-28-21-9-8-17-12-19-18-13-22(29-2)20(27)14-25(18,10-11-26-19)23(17)24(21)30-15-16-6-4-3-5-7-16/h3-9,18-19,22,26H,10-15H2,1-2H3/t18-,19+,22?,25-/m1/s1. The zero-order valence-electron chi connectivity index (χ0n) is 17.6. The Balaban J connectivity index is 1.61. The number of ether oxygens (including phenoxy) is 3. The lowest BCUT2D eigenvalue weighted by molar-refractivity contribution is -0.139. The van der Waals surface area contributed by atoms with E-state index in [0.29, 0.717) is 25.0 Å². The predicted molar refractivity (Wildman–Crippen MR) is 114 cm³/mol. The minimum Gasteiger partial charge on any atom is -0.493 e. The molecule has 4 atom stereocenters. The maximum absolute atomic E-state index is 13.0. The van der Waals surface area contributed by atoms with Gasteiger partial charge in [-0.25, -0.2) is 0 Å². The van der Waals surface area contributed by atoms with Crippen LogP contribution in [0.3, 0.4) is 0 Å². The fraction of sp³-hybridized carbons (Fsp3) is 0.480. The molecule has 2 bridgehead atoms. The molecule has 5 nitrogen and oxygen atoms in total. The third-order valence-corrected chi connectivity index (χ3v) is 7.37. The third-order valence-electron chi connectivity index (χ3n) is 7.37. The molecule has 1 saturated carbocycles. The van der Waals surface area contributed by atoms with Crippen LogP contribution in [-0.4, -0.2) is 38.7 Å². The van der Waals surface area contributed by atoms with Gasteiger partial charge in [0.25, 0.3) is 0 Å². The number of Topliss-reactive ketones (excluding diaryl/α,β-unsaturated/α-hetero) is 1. The maximum atomic E-state index is 13.0. The Morgan fingerprint density at radius 3 is 2.73 bits per heavy atom. The quantitative estimate of drug-likeness (QED) is 0.823. The molecule has 0 aromatic heterocycles. The van der Waals surface area contributed by atoms with Gasteiger partial charge in [0, 0.05) is 30.6 Å². The molecule has 5 rings (SSSR count). The van der Waals surface area contributed by atoms with Crippen molar-refractivity contribution in [1.29, 1.82) is 0 Å². The molecule has 5 heteroatoms.